The van der Waals surface area contributed by atoms with Gasteiger partial charge in [0.05, 0.1) is 0 Å². The van der Waals surface area contributed by atoms with E-state index in [0.29, 0.717) is 5.82 Å². The molecule has 1 heterocycles. The van der Waals surface area contributed by atoms with E-state index in [0.717, 1.165) is 6.39 Å². The first kappa shape index (κ1) is 9.56. The van der Waals surface area contributed by atoms with Crippen molar-refractivity contribution in [2.24, 2.45) is 0 Å². The maximum atomic E-state index is 11.6. The molecule has 1 N–H and O–H groups in total. The molecule has 1 aromatic rings. The Morgan fingerprint density at radius 1 is 1.69 bits per heavy atom. The lowest BCUT2D eigenvalue weighted by atomic mass is 10.4. The van der Waals surface area contributed by atoms with Gasteiger partial charge in [0.25, 0.3) is 5.91 Å². The van der Waals surface area contributed by atoms with E-state index < -0.39 is 12.3 Å². The van der Waals surface area contributed by atoms with Crippen LogP contribution in [0.5, 0.6) is 0 Å². The largest absolute Gasteiger partial charge is 0.351 e. The van der Waals surface area contributed by atoms with E-state index in [9.17, 15) is 13.6 Å². The van der Waals surface area contributed by atoms with Gasteiger partial charge in [-0.25, -0.2) is 0 Å². The van der Waals surface area contributed by atoms with E-state index in [1.54, 1.807) is 0 Å². The van der Waals surface area contributed by atoms with Crippen LogP contribution in [0.2, 0.25) is 0 Å². The predicted molar refractivity (Wildman–Crippen MR) is 37.0 cm³/mol. The molecule has 0 aromatic carbocycles. The molecule has 5 nitrogen and oxygen atoms in total. The number of aromatic nitrogens is 2. The lowest BCUT2D eigenvalue weighted by Gasteiger charge is -2.00. The van der Waals surface area contributed by atoms with Crippen molar-refractivity contribution in [1.82, 2.24) is 15.5 Å². The van der Waals surface area contributed by atoms with Crippen molar-refractivity contribution in [2.45, 2.75) is 12.8 Å². The summed E-state index contributed by atoms with van der Waals surface area (Å²) in [6, 6.07) is 0. The Balaban J connectivity index is 2.18. The van der Waals surface area contributed by atoms with Crippen LogP contribution < -0.4 is 5.32 Å². The number of amides is 1. The van der Waals surface area contributed by atoms with Crippen molar-refractivity contribution < 1.29 is 18.1 Å². The minimum Gasteiger partial charge on any atom is -0.351 e. The minimum atomic E-state index is -2.98. The van der Waals surface area contributed by atoms with Crippen molar-refractivity contribution in [2.75, 3.05) is 6.54 Å². The Labute approximate surface area is 72.1 Å². The molecule has 1 aromatic heterocycles. The third-order valence-electron chi connectivity index (χ3n) is 1.25. The first-order valence-electron chi connectivity index (χ1n) is 3.51. The van der Waals surface area contributed by atoms with Gasteiger partial charge in [-0.3, -0.25) is 4.79 Å². The topological polar surface area (TPSA) is 68.0 Å². The van der Waals surface area contributed by atoms with Gasteiger partial charge in [0.1, 0.15) is 0 Å². The summed E-state index contributed by atoms with van der Waals surface area (Å²) in [5.74, 6) is -0.918. The molecule has 0 saturated heterocycles. The van der Waals surface area contributed by atoms with Crippen LogP contribution in [0.1, 0.15) is 5.82 Å². The van der Waals surface area contributed by atoms with Crippen molar-refractivity contribution >= 4 is 5.91 Å². The first-order valence-corrected chi connectivity index (χ1v) is 3.51. The molecule has 0 unspecified atom stereocenters. The summed E-state index contributed by atoms with van der Waals surface area (Å²) >= 11 is 0. The second-order valence-corrected chi connectivity index (χ2v) is 2.19. The highest BCUT2D eigenvalue weighted by Gasteiger charge is 2.13. The highest BCUT2D eigenvalue weighted by Crippen LogP contribution is 1.92. The molecule has 0 atom stereocenters. The number of carbonyl (C=O) groups excluding carboxylic acids is 1. The Morgan fingerprint density at radius 3 is 3.00 bits per heavy atom. The zero-order chi connectivity index (χ0) is 9.68. The SMILES string of the molecule is O=C(NCCc1ncon1)C(F)F. The van der Waals surface area contributed by atoms with Gasteiger partial charge < -0.3 is 9.84 Å². The third kappa shape index (κ3) is 3.14. The molecule has 1 rings (SSSR count). The zero-order valence-electron chi connectivity index (χ0n) is 6.54. The summed E-state index contributed by atoms with van der Waals surface area (Å²) in [5.41, 5.74) is 0. The molecule has 1 amide bonds. The Hall–Kier alpha value is -1.53. The fourth-order valence-electron chi connectivity index (χ4n) is 0.677. The summed E-state index contributed by atoms with van der Waals surface area (Å²) in [7, 11) is 0. The molecule has 13 heavy (non-hydrogen) atoms. The summed E-state index contributed by atoms with van der Waals surface area (Å²) in [6.45, 7) is 0.0721. The van der Waals surface area contributed by atoms with Gasteiger partial charge in [-0.05, 0) is 0 Å². The fraction of sp³-hybridized carbons (Fsp3) is 0.500. The number of rotatable bonds is 4. The molecule has 0 bridgehead atoms. The van der Waals surface area contributed by atoms with E-state index in [1.807, 2.05) is 5.32 Å². The number of nitrogens with zero attached hydrogens (tertiary/aromatic N) is 2. The maximum absolute atomic E-state index is 11.6. The fourth-order valence-corrected chi connectivity index (χ4v) is 0.677. The van der Waals surface area contributed by atoms with Crippen LogP contribution in [0.4, 0.5) is 8.78 Å². The van der Waals surface area contributed by atoms with Gasteiger partial charge in [-0.1, -0.05) is 5.16 Å². The molecule has 72 valence electrons. The van der Waals surface area contributed by atoms with Crippen molar-refractivity contribution in [3.63, 3.8) is 0 Å². The average molecular weight is 191 g/mol. The van der Waals surface area contributed by atoms with Gasteiger partial charge in [0.15, 0.2) is 5.82 Å². The van der Waals surface area contributed by atoms with Crippen LogP contribution >= 0.6 is 0 Å². The van der Waals surface area contributed by atoms with E-state index >= 15 is 0 Å². The van der Waals surface area contributed by atoms with Crippen LogP contribution in [-0.4, -0.2) is 29.0 Å². The Bertz CT molecular complexity index is 263. The molecule has 0 aliphatic rings. The van der Waals surface area contributed by atoms with E-state index in [1.165, 1.54) is 0 Å². The summed E-state index contributed by atoms with van der Waals surface area (Å²) in [5, 5.41) is 5.44. The summed E-state index contributed by atoms with van der Waals surface area (Å²) in [6.07, 6.45) is -1.58. The summed E-state index contributed by atoms with van der Waals surface area (Å²) in [4.78, 5) is 14.0. The van der Waals surface area contributed by atoms with E-state index in [-0.39, 0.29) is 13.0 Å². The molecular weight excluding hydrogens is 184 g/mol. The van der Waals surface area contributed by atoms with Crippen molar-refractivity contribution in [3.05, 3.63) is 12.2 Å². The van der Waals surface area contributed by atoms with Crippen LogP contribution in [0.3, 0.4) is 0 Å². The van der Waals surface area contributed by atoms with Crippen LogP contribution in [0.15, 0.2) is 10.9 Å². The molecule has 0 aliphatic carbocycles. The number of hydrogen-bond acceptors (Lipinski definition) is 4. The van der Waals surface area contributed by atoms with Gasteiger partial charge in [-0.2, -0.15) is 13.8 Å². The van der Waals surface area contributed by atoms with E-state index in [4.69, 9.17) is 0 Å². The standard InChI is InChI=1S/C6H7F2N3O2/c7-5(8)6(12)9-2-1-4-10-3-13-11-4/h3,5H,1-2H2,(H,9,12). The third-order valence-corrected chi connectivity index (χ3v) is 1.25. The van der Waals surface area contributed by atoms with Gasteiger partial charge in [-0.15, -0.1) is 0 Å². The zero-order valence-corrected chi connectivity index (χ0v) is 6.54. The first-order chi connectivity index (χ1) is 6.20. The average Bonchev–Trinajstić information content (AvgIpc) is 2.56. The maximum Gasteiger partial charge on any atom is 0.315 e. The second-order valence-electron chi connectivity index (χ2n) is 2.19. The number of carbonyl (C=O) groups is 1. The van der Waals surface area contributed by atoms with Crippen LogP contribution in [0.25, 0.3) is 0 Å². The lowest BCUT2D eigenvalue weighted by molar-refractivity contribution is -0.131. The molecule has 7 heteroatoms. The normalized spacial score (nSPS) is 10.4. The minimum absolute atomic E-state index is 0.0721. The number of hydrogen-bond donors (Lipinski definition) is 1. The predicted octanol–water partition coefficient (Wildman–Crippen LogP) is -0.00660. The van der Waals surface area contributed by atoms with Crippen molar-refractivity contribution in [3.8, 4) is 0 Å². The highest BCUT2D eigenvalue weighted by atomic mass is 19.3. The Morgan fingerprint density at radius 2 is 2.46 bits per heavy atom. The second kappa shape index (κ2) is 4.48. The van der Waals surface area contributed by atoms with E-state index in [2.05, 4.69) is 14.7 Å². The molecule has 0 aliphatic heterocycles. The smallest absolute Gasteiger partial charge is 0.315 e. The van der Waals surface area contributed by atoms with Crippen LogP contribution in [0, 0.1) is 0 Å². The molecule has 0 saturated carbocycles. The van der Waals surface area contributed by atoms with Gasteiger partial charge in [0.2, 0.25) is 6.39 Å². The number of halogens is 2. The summed E-state index contributed by atoms with van der Waals surface area (Å²) < 4.78 is 27.7. The lowest BCUT2D eigenvalue weighted by Crippen LogP contribution is -2.31. The Kier molecular flexibility index (Phi) is 3.30. The number of alkyl halides is 2. The molecule has 0 spiro atoms. The van der Waals surface area contributed by atoms with Crippen LogP contribution in [-0.2, 0) is 11.2 Å². The van der Waals surface area contributed by atoms with Crippen molar-refractivity contribution in [1.29, 1.82) is 0 Å². The van der Waals surface area contributed by atoms with Gasteiger partial charge >= 0.3 is 6.43 Å². The molecule has 0 fully saturated rings. The monoisotopic (exact) mass is 191 g/mol. The molecular formula is C6H7F2N3O2. The van der Waals surface area contributed by atoms with Gasteiger partial charge in [0, 0.05) is 13.0 Å². The molecule has 0 radical (unpaired) electrons. The number of nitrogens with one attached hydrogen (secondary N) is 1. The quantitative estimate of drug-likeness (QED) is 0.726. The highest BCUT2D eigenvalue weighted by molar-refractivity contribution is 5.78.